The maximum absolute atomic E-state index is 12.1. The van der Waals surface area contributed by atoms with E-state index in [4.69, 9.17) is 16.3 Å². The van der Waals surface area contributed by atoms with Crippen molar-refractivity contribution >= 4 is 34.0 Å². The van der Waals surface area contributed by atoms with E-state index in [9.17, 15) is 4.79 Å². The molecule has 116 valence electrons. The van der Waals surface area contributed by atoms with Gasteiger partial charge in [0.25, 0.3) is 5.91 Å². The summed E-state index contributed by atoms with van der Waals surface area (Å²) < 4.78 is 5.13. The number of nitrogens with zero attached hydrogens (tertiary/aromatic N) is 2. The molecule has 0 aliphatic carbocycles. The zero-order chi connectivity index (χ0) is 16.2. The molecule has 0 fully saturated rings. The second-order valence-corrected chi connectivity index (χ2v) is 5.83. The number of thiazole rings is 1. The second kappa shape index (κ2) is 6.76. The van der Waals surface area contributed by atoms with Crippen LogP contribution in [-0.4, -0.2) is 23.0 Å². The minimum atomic E-state index is -0.273. The molecule has 0 aliphatic rings. The van der Waals surface area contributed by atoms with Crippen molar-refractivity contribution in [3.05, 3.63) is 58.7 Å². The topological polar surface area (TPSA) is 64.1 Å². The molecule has 3 rings (SSSR count). The lowest BCUT2D eigenvalue weighted by atomic mass is 10.2. The highest BCUT2D eigenvalue weighted by molar-refractivity contribution is 7.14. The highest BCUT2D eigenvalue weighted by atomic mass is 35.5. The van der Waals surface area contributed by atoms with Gasteiger partial charge >= 0.3 is 0 Å². The van der Waals surface area contributed by atoms with E-state index in [0.29, 0.717) is 10.7 Å². The van der Waals surface area contributed by atoms with E-state index >= 15 is 0 Å². The average Bonchev–Trinajstić information content (AvgIpc) is 3.03. The molecule has 23 heavy (non-hydrogen) atoms. The fourth-order valence-corrected chi connectivity index (χ4v) is 2.83. The lowest BCUT2D eigenvalue weighted by molar-refractivity contribution is 0.102. The van der Waals surface area contributed by atoms with Crippen molar-refractivity contribution in [2.24, 2.45) is 0 Å². The summed E-state index contributed by atoms with van der Waals surface area (Å²) in [6.07, 6.45) is 1.49. The Morgan fingerprint density at radius 3 is 2.74 bits per heavy atom. The van der Waals surface area contributed by atoms with Gasteiger partial charge in [-0.2, -0.15) is 0 Å². The number of ether oxygens (including phenoxy) is 1. The maximum atomic E-state index is 12.1. The number of carbonyl (C=O) groups is 1. The van der Waals surface area contributed by atoms with Crippen molar-refractivity contribution in [2.75, 3.05) is 12.4 Å². The largest absolute Gasteiger partial charge is 0.497 e. The fourth-order valence-electron chi connectivity index (χ4n) is 1.94. The molecule has 0 aliphatic heterocycles. The Morgan fingerprint density at radius 2 is 2.04 bits per heavy atom. The van der Waals surface area contributed by atoms with Gasteiger partial charge in [0.05, 0.1) is 12.8 Å². The van der Waals surface area contributed by atoms with Crippen molar-refractivity contribution < 1.29 is 9.53 Å². The van der Waals surface area contributed by atoms with E-state index in [0.717, 1.165) is 17.0 Å². The van der Waals surface area contributed by atoms with Gasteiger partial charge in [-0.05, 0) is 36.4 Å². The van der Waals surface area contributed by atoms with Gasteiger partial charge in [-0.15, -0.1) is 11.3 Å². The number of pyridine rings is 1. The number of hydrogen-bond donors (Lipinski definition) is 1. The summed E-state index contributed by atoms with van der Waals surface area (Å²) in [5.74, 6) is 0.511. The van der Waals surface area contributed by atoms with Gasteiger partial charge in [0, 0.05) is 22.7 Å². The first-order valence-corrected chi connectivity index (χ1v) is 7.94. The Morgan fingerprint density at radius 1 is 1.26 bits per heavy atom. The zero-order valence-corrected chi connectivity index (χ0v) is 13.7. The Labute approximate surface area is 141 Å². The number of benzene rings is 1. The molecule has 0 radical (unpaired) electrons. The first-order chi connectivity index (χ1) is 11.2. The van der Waals surface area contributed by atoms with Gasteiger partial charge < -0.3 is 4.74 Å². The molecule has 0 saturated heterocycles. The van der Waals surface area contributed by atoms with Crippen molar-refractivity contribution in [3.8, 4) is 17.0 Å². The third-order valence-corrected chi connectivity index (χ3v) is 4.06. The monoisotopic (exact) mass is 345 g/mol. The van der Waals surface area contributed by atoms with Gasteiger partial charge in [0.2, 0.25) is 0 Å². The van der Waals surface area contributed by atoms with Gasteiger partial charge in [0.15, 0.2) is 5.13 Å². The Balaban J connectivity index is 1.75. The van der Waals surface area contributed by atoms with E-state index in [-0.39, 0.29) is 11.1 Å². The maximum Gasteiger partial charge on any atom is 0.257 e. The lowest BCUT2D eigenvalue weighted by Gasteiger charge is -2.02. The third kappa shape index (κ3) is 3.67. The summed E-state index contributed by atoms with van der Waals surface area (Å²) >= 11 is 7.15. The molecule has 1 aromatic carbocycles. The number of hydrogen-bond acceptors (Lipinski definition) is 5. The molecular weight excluding hydrogens is 334 g/mol. The summed E-state index contributed by atoms with van der Waals surface area (Å²) in [5.41, 5.74) is 2.18. The smallest absolute Gasteiger partial charge is 0.257 e. The summed E-state index contributed by atoms with van der Waals surface area (Å²) in [7, 11) is 1.62. The minimum Gasteiger partial charge on any atom is -0.497 e. The molecule has 0 spiro atoms. The number of aromatic nitrogens is 2. The van der Waals surface area contributed by atoms with E-state index < -0.39 is 0 Å². The van der Waals surface area contributed by atoms with E-state index in [1.54, 1.807) is 13.2 Å². The Kier molecular flexibility index (Phi) is 4.55. The van der Waals surface area contributed by atoms with Crippen molar-refractivity contribution in [1.82, 2.24) is 9.97 Å². The standard InChI is InChI=1S/C16H12ClN3O2S/c1-22-12-4-2-10(3-5-12)13-9-23-16(19-13)20-15(21)11-6-7-18-14(17)8-11/h2-9H,1H3,(H,19,20,21). The van der Waals surface area contributed by atoms with Gasteiger partial charge in [-0.1, -0.05) is 11.6 Å². The second-order valence-electron chi connectivity index (χ2n) is 4.59. The molecule has 1 N–H and O–H groups in total. The summed E-state index contributed by atoms with van der Waals surface area (Å²) in [4.78, 5) is 20.4. The number of nitrogens with one attached hydrogen (secondary N) is 1. The highest BCUT2D eigenvalue weighted by Crippen LogP contribution is 2.26. The van der Waals surface area contributed by atoms with Gasteiger partial charge in [-0.3, -0.25) is 10.1 Å². The number of halogens is 1. The molecule has 2 heterocycles. The number of carbonyl (C=O) groups excluding carboxylic acids is 1. The number of rotatable bonds is 4. The SMILES string of the molecule is COc1ccc(-c2csc(NC(=O)c3ccnc(Cl)c3)n2)cc1. The van der Waals surface area contributed by atoms with Crippen LogP contribution in [0.15, 0.2) is 48.0 Å². The van der Waals surface area contributed by atoms with Crippen molar-refractivity contribution in [1.29, 1.82) is 0 Å². The molecule has 3 aromatic rings. The molecular formula is C16H12ClN3O2S. The molecule has 0 atom stereocenters. The minimum absolute atomic E-state index is 0.273. The van der Waals surface area contributed by atoms with Crippen LogP contribution in [0.3, 0.4) is 0 Å². The molecule has 0 unspecified atom stereocenters. The van der Waals surface area contributed by atoms with Crippen LogP contribution >= 0.6 is 22.9 Å². The first kappa shape index (κ1) is 15.5. The lowest BCUT2D eigenvalue weighted by Crippen LogP contribution is -2.11. The van der Waals surface area contributed by atoms with Crippen LogP contribution in [0.4, 0.5) is 5.13 Å². The summed E-state index contributed by atoms with van der Waals surface area (Å²) in [6.45, 7) is 0. The van der Waals surface area contributed by atoms with Crippen LogP contribution < -0.4 is 10.1 Å². The van der Waals surface area contributed by atoms with Gasteiger partial charge in [0.1, 0.15) is 10.9 Å². The Hall–Kier alpha value is -2.44. The molecule has 0 bridgehead atoms. The molecule has 5 nitrogen and oxygen atoms in total. The van der Waals surface area contributed by atoms with E-state index in [1.165, 1.54) is 23.6 Å². The average molecular weight is 346 g/mol. The Bertz CT molecular complexity index is 833. The number of anilines is 1. The number of methoxy groups -OCH3 is 1. The highest BCUT2D eigenvalue weighted by Gasteiger charge is 2.10. The molecule has 1 amide bonds. The predicted molar refractivity (Wildman–Crippen MR) is 91.3 cm³/mol. The fraction of sp³-hybridized carbons (Fsp3) is 0.0625. The van der Waals surface area contributed by atoms with Crippen LogP contribution in [-0.2, 0) is 0 Å². The summed E-state index contributed by atoms with van der Waals surface area (Å²) in [5, 5.41) is 5.44. The van der Waals surface area contributed by atoms with E-state index in [1.807, 2.05) is 29.6 Å². The molecule has 2 aromatic heterocycles. The summed E-state index contributed by atoms with van der Waals surface area (Å²) in [6, 6.07) is 10.7. The predicted octanol–water partition coefficient (Wildman–Crippen LogP) is 4.12. The van der Waals surface area contributed by atoms with Gasteiger partial charge in [-0.25, -0.2) is 9.97 Å². The van der Waals surface area contributed by atoms with Crippen LogP contribution in [0.1, 0.15) is 10.4 Å². The van der Waals surface area contributed by atoms with Crippen LogP contribution in [0.5, 0.6) is 5.75 Å². The number of amides is 1. The quantitative estimate of drug-likeness (QED) is 0.722. The van der Waals surface area contributed by atoms with Crippen LogP contribution in [0, 0.1) is 0 Å². The van der Waals surface area contributed by atoms with Crippen molar-refractivity contribution in [2.45, 2.75) is 0 Å². The van der Waals surface area contributed by atoms with Crippen LogP contribution in [0.2, 0.25) is 5.15 Å². The third-order valence-electron chi connectivity index (χ3n) is 3.10. The molecule has 7 heteroatoms. The molecule has 0 saturated carbocycles. The normalized spacial score (nSPS) is 10.3. The zero-order valence-electron chi connectivity index (χ0n) is 12.1. The van der Waals surface area contributed by atoms with E-state index in [2.05, 4.69) is 15.3 Å². The first-order valence-electron chi connectivity index (χ1n) is 6.68. The van der Waals surface area contributed by atoms with Crippen LogP contribution in [0.25, 0.3) is 11.3 Å². The van der Waals surface area contributed by atoms with Crippen molar-refractivity contribution in [3.63, 3.8) is 0 Å².